The molecular formula is C60H110O6. The van der Waals surface area contributed by atoms with Crippen LogP contribution in [0.2, 0.25) is 0 Å². The van der Waals surface area contributed by atoms with Gasteiger partial charge in [-0.15, -0.1) is 0 Å². The van der Waals surface area contributed by atoms with Crippen molar-refractivity contribution in [3.8, 4) is 0 Å². The van der Waals surface area contributed by atoms with E-state index in [1.54, 1.807) is 0 Å². The topological polar surface area (TPSA) is 78.9 Å². The number of rotatable bonds is 53. The van der Waals surface area contributed by atoms with Gasteiger partial charge in [-0.3, -0.25) is 14.4 Å². The second kappa shape index (κ2) is 55.2. The number of carbonyl (C=O) groups excluding carboxylic acids is 3. The second-order valence-electron chi connectivity index (χ2n) is 19.5. The van der Waals surface area contributed by atoms with Crippen molar-refractivity contribution in [3.05, 3.63) is 36.5 Å². The van der Waals surface area contributed by atoms with Crippen molar-refractivity contribution >= 4 is 17.9 Å². The normalized spacial score (nSPS) is 12.2. The van der Waals surface area contributed by atoms with Crippen LogP contribution in [0.4, 0.5) is 0 Å². The summed E-state index contributed by atoms with van der Waals surface area (Å²) in [6.45, 7) is 6.52. The molecule has 1 unspecified atom stereocenters. The summed E-state index contributed by atoms with van der Waals surface area (Å²) in [5.41, 5.74) is 0. The molecule has 0 saturated carbocycles. The van der Waals surface area contributed by atoms with Gasteiger partial charge < -0.3 is 14.2 Å². The number of esters is 3. The minimum Gasteiger partial charge on any atom is -0.462 e. The highest BCUT2D eigenvalue weighted by molar-refractivity contribution is 5.71. The van der Waals surface area contributed by atoms with Gasteiger partial charge in [-0.05, 0) is 51.4 Å². The van der Waals surface area contributed by atoms with E-state index in [1.165, 1.54) is 173 Å². The maximum absolute atomic E-state index is 12.8. The molecule has 0 aromatic carbocycles. The standard InChI is InChI=1S/C60H110O6/c1-4-7-10-13-16-19-21-23-25-26-27-28-29-30-31-32-33-34-36-37-39-41-44-47-50-53-59(62)65-56-57(55-64-58(61)52-49-46-43-18-15-12-9-6-3)66-60(63)54-51-48-45-42-40-38-35-24-22-20-17-14-11-8-5-2/h8,11,17,20,24,35,57H,4-7,9-10,12-16,18-19,21-23,25-34,36-56H2,1-3H3/b11-8-,20-17-,35-24-. The lowest BCUT2D eigenvalue weighted by Crippen LogP contribution is -2.30. The first-order chi connectivity index (χ1) is 32.5. The molecule has 0 bridgehead atoms. The van der Waals surface area contributed by atoms with Crippen LogP contribution < -0.4 is 0 Å². The Morgan fingerprint density at radius 1 is 0.318 bits per heavy atom. The largest absolute Gasteiger partial charge is 0.462 e. The van der Waals surface area contributed by atoms with Gasteiger partial charge in [0.15, 0.2) is 6.10 Å². The zero-order chi connectivity index (χ0) is 47.9. The average Bonchev–Trinajstić information content (AvgIpc) is 3.31. The number of carbonyl (C=O) groups is 3. The first kappa shape index (κ1) is 63.6. The third-order valence-electron chi connectivity index (χ3n) is 12.9. The Morgan fingerprint density at radius 2 is 0.591 bits per heavy atom. The van der Waals surface area contributed by atoms with E-state index in [9.17, 15) is 14.4 Å². The minimum atomic E-state index is -0.775. The van der Waals surface area contributed by atoms with Crippen LogP contribution in [0.15, 0.2) is 36.5 Å². The molecule has 0 aromatic heterocycles. The molecule has 1 atom stereocenters. The maximum Gasteiger partial charge on any atom is 0.306 e. The van der Waals surface area contributed by atoms with Crippen LogP contribution in [0.1, 0.15) is 310 Å². The van der Waals surface area contributed by atoms with E-state index in [0.717, 1.165) is 96.3 Å². The van der Waals surface area contributed by atoms with Crippen molar-refractivity contribution in [2.75, 3.05) is 13.2 Å². The van der Waals surface area contributed by atoms with E-state index in [4.69, 9.17) is 14.2 Å². The smallest absolute Gasteiger partial charge is 0.306 e. The molecule has 0 fully saturated rings. The summed E-state index contributed by atoms with van der Waals surface area (Å²) in [5.74, 6) is -0.881. The van der Waals surface area contributed by atoms with Gasteiger partial charge >= 0.3 is 17.9 Å². The van der Waals surface area contributed by atoms with Gasteiger partial charge in [-0.1, -0.05) is 276 Å². The highest BCUT2D eigenvalue weighted by Crippen LogP contribution is 2.17. The molecule has 386 valence electrons. The molecule has 0 N–H and O–H groups in total. The number of ether oxygens (including phenoxy) is 3. The van der Waals surface area contributed by atoms with Crippen LogP contribution in [0.3, 0.4) is 0 Å². The lowest BCUT2D eigenvalue weighted by atomic mass is 10.0. The highest BCUT2D eigenvalue weighted by Gasteiger charge is 2.19. The van der Waals surface area contributed by atoms with E-state index in [0.29, 0.717) is 19.3 Å². The van der Waals surface area contributed by atoms with Gasteiger partial charge in [0, 0.05) is 19.3 Å². The van der Waals surface area contributed by atoms with E-state index in [-0.39, 0.29) is 31.1 Å². The number of unbranched alkanes of at least 4 members (excludes halogenated alkanes) is 36. The van der Waals surface area contributed by atoms with Gasteiger partial charge in [-0.2, -0.15) is 0 Å². The van der Waals surface area contributed by atoms with Gasteiger partial charge in [0.25, 0.3) is 0 Å². The summed E-state index contributed by atoms with van der Waals surface area (Å²) in [6, 6.07) is 0. The Morgan fingerprint density at radius 3 is 0.924 bits per heavy atom. The van der Waals surface area contributed by atoms with Crippen LogP contribution in [-0.4, -0.2) is 37.2 Å². The fourth-order valence-corrected chi connectivity index (χ4v) is 8.58. The zero-order valence-electron chi connectivity index (χ0n) is 44.2. The Labute approximate surface area is 410 Å². The molecule has 0 heterocycles. The second-order valence-corrected chi connectivity index (χ2v) is 19.5. The summed E-state index contributed by atoms with van der Waals surface area (Å²) >= 11 is 0. The van der Waals surface area contributed by atoms with Crippen molar-refractivity contribution in [1.82, 2.24) is 0 Å². The quantitative estimate of drug-likeness (QED) is 0.0262. The molecule has 6 heteroatoms. The van der Waals surface area contributed by atoms with E-state index in [1.807, 2.05) is 0 Å². The minimum absolute atomic E-state index is 0.0751. The lowest BCUT2D eigenvalue weighted by Gasteiger charge is -2.18. The van der Waals surface area contributed by atoms with Crippen LogP contribution in [-0.2, 0) is 28.6 Å². The molecule has 0 aliphatic heterocycles. The number of hydrogen-bond donors (Lipinski definition) is 0. The molecular weight excluding hydrogens is 817 g/mol. The van der Waals surface area contributed by atoms with Gasteiger partial charge in [-0.25, -0.2) is 0 Å². The van der Waals surface area contributed by atoms with E-state index >= 15 is 0 Å². The zero-order valence-corrected chi connectivity index (χ0v) is 44.2. The molecule has 6 nitrogen and oxygen atoms in total. The summed E-state index contributed by atoms with van der Waals surface area (Å²) in [7, 11) is 0. The van der Waals surface area contributed by atoms with Crippen molar-refractivity contribution in [3.63, 3.8) is 0 Å². The van der Waals surface area contributed by atoms with Gasteiger partial charge in [0.05, 0.1) is 0 Å². The monoisotopic (exact) mass is 927 g/mol. The third kappa shape index (κ3) is 52.6. The van der Waals surface area contributed by atoms with Gasteiger partial charge in [0.1, 0.15) is 13.2 Å². The molecule has 0 aliphatic carbocycles. The SMILES string of the molecule is CC/C=C\C/C=C\C/C=C\CCCCCCCC(=O)OC(COC(=O)CCCCCCCCCC)COC(=O)CCCCCCCCCCCCCCCCCCCCCCCCCCC. The van der Waals surface area contributed by atoms with Crippen LogP contribution in [0.5, 0.6) is 0 Å². The average molecular weight is 928 g/mol. The van der Waals surface area contributed by atoms with Crippen LogP contribution in [0, 0.1) is 0 Å². The fraction of sp³-hybridized carbons (Fsp3) is 0.850. The fourth-order valence-electron chi connectivity index (χ4n) is 8.58. The first-order valence-electron chi connectivity index (χ1n) is 29.0. The molecule has 0 saturated heterocycles. The predicted molar refractivity (Wildman–Crippen MR) is 284 cm³/mol. The molecule has 66 heavy (non-hydrogen) atoms. The summed E-state index contributed by atoms with van der Waals surface area (Å²) < 4.78 is 16.8. The Kier molecular flexibility index (Phi) is 53.2. The Balaban J connectivity index is 4.12. The van der Waals surface area contributed by atoms with Crippen molar-refractivity contribution < 1.29 is 28.6 Å². The highest BCUT2D eigenvalue weighted by atomic mass is 16.6. The lowest BCUT2D eigenvalue weighted by molar-refractivity contribution is -0.167. The first-order valence-corrected chi connectivity index (χ1v) is 29.0. The van der Waals surface area contributed by atoms with Crippen molar-refractivity contribution in [2.24, 2.45) is 0 Å². The molecule has 0 aromatic rings. The Hall–Kier alpha value is -2.37. The predicted octanol–water partition coefficient (Wildman–Crippen LogP) is 19.3. The van der Waals surface area contributed by atoms with E-state index in [2.05, 4.69) is 57.2 Å². The summed E-state index contributed by atoms with van der Waals surface area (Å²) in [5, 5.41) is 0. The number of hydrogen-bond acceptors (Lipinski definition) is 6. The van der Waals surface area contributed by atoms with Crippen LogP contribution in [0.25, 0.3) is 0 Å². The molecule has 0 rings (SSSR count). The Bertz CT molecular complexity index is 1110. The molecule has 0 amide bonds. The van der Waals surface area contributed by atoms with Crippen molar-refractivity contribution in [2.45, 2.75) is 316 Å². The van der Waals surface area contributed by atoms with E-state index < -0.39 is 6.10 Å². The molecule has 0 spiro atoms. The maximum atomic E-state index is 12.8. The number of allylic oxidation sites excluding steroid dienone is 6. The summed E-state index contributed by atoms with van der Waals surface area (Å²) in [4.78, 5) is 37.9. The van der Waals surface area contributed by atoms with Crippen molar-refractivity contribution in [1.29, 1.82) is 0 Å². The third-order valence-corrected chi connectivity index (χ3v) is 12.9. The molecule has 0 radical (unpaired) electrons. The van der Waals surface area contributed by atoms with Gasteiger partial charge in [0.2, 0.25) is 0 Å². The summed E-state index contributed by atoms with van der Waals surface area (Å²) in [6.07, 6.45) is 66.0. The van der Waals surface area contributed by atoms with Crippen LogP contribution >= 0.6 is 0 Å². The molecule has 0 aliphatic rings.